The number of benzene rings is 1. The minimum absolute atomic E-state index is 0.0319. The van der Waals surface area contributed by atoms with Crippen LogP contribution in [0.15, 0.2) is 30.3 Å². The standard InChI is InChI=1S/C20H27FO2/c21-18-13-11-16(12-14-18)19(15-7-3-1-4-8-15)23-20(22)17-9-5-2-6-10-17/h2,5-6,9-10,15-16,18-19H,1,3-4,7-8,11-14H2. The third-order valence-corrected chi connectivity index (χ3v) is 5.53. The summed E-state index contributed by atoms with van der Waals surface area (Å²) in [6, 6.07) is 9.23. The molecule has 2 saturated carbocycles. The van der Waals surface area contributed by atoms with E-state index in [4.69, 9.17) is 4.74 Å². The lowest BCUT2D eigenvalue weighted by molar-refractivity contribution is -0.0275. The zero-order valence-corrected chi connectivity index (χ0v) is 13.8. The third kappa shape index (κ3) is 4.33. The first-order valence-electron chi connectivity index (χ1n) is 9.14. The number of ether oxygens (including phenoxy) is 1. The van der Waals surface area contributed by atoms with E-state index in [9.17, 15) is 9.18 Å². The Morgan fingerprint density at radius 3 is 2.17 bits per heavy atom. The normalized spacial score (nSPS) is 27.3. The van der Waals surface area contributed by atoms with Gasteiger partial charge in [-0.15, -0.1) is 0 Å². The van der Waals surface area contributed by atoms with E-state index in [2.05, 4.69) is 0 Å². The van der Waals surface area contributed by atoms with Crippen molar-refractivity contribution in [2.75, 3.05) is 0 Å². The number of hydrogen-bond donors (Lipinski definition) is 0. The molecule has 0 N–H and O–H groups in total. The van der Waals surface area contributed by atoms with Crippen LogP contribution in [0.5, 0.6) is 0 Å². The number of rotatable bonds is 4. The molecule has 0 heterocycles. The lowest BCUT2D eigenvalue weighted by Crippen LogP contribution is -2.37. The highest BCUT2D eigenvalue weighted by Crippen LogP contribution is 2.38. The van der Waals surface area contributed by atoms with Crippen LogP contribution in [0.4, 0.5) is 4.39 Å². The molecule has 0 saturated heterocycles. The molecule has 2 nitrogen and oxygen atoms in total. The molecule has 0 aliphatic heterocycles. The second-order valence-electron chi connectivity index (χ2n) is 7.15. The molecule has 126 valence electrons. The van der Waals surface area contributed by atoms with Crippen molar-refractivity contribution in [3.8, 4) is 0 Å². The van der Waals surface area contributed by atoms with Crippen LogP contribution < -0.4 is 0 Å². The summed E-state index contributed by atoms with van der Waals surface area (Å²) in [6.45, 7) is 0. The molecule has 2 fully saturated rings. The Labute approximate surface area is 138 Å². The molecule has 2 aliphatic carbocycles. The monoisotopic (exact) mass is 318 g/mol. The average molecular weight is 318 g/mol. The second-order valence-corrected chi connectivity index (χ2v) is 7.15. The van der Waals surface area contributed by atoms with Gasteiger partial charge in [0.05, 0.1) is 5.56 Å². The number of carbonyl (C=O) groups excluding carboxylic acids is 1. The van der Waals surface area contributed by atoms with Crippen molar-refractivity contribution in [1.29, 1.82) is 0 Å². The zero-order chi connectivity index (χ0) is 16.1. The molecule has 1 unspecified atom stereocenters. The molecule has 0 amide bonds. The molecule has 3 rings (SSSR count). The van der Waals surface area contributed by atoms with Gasteiger partial charge in [0.2, 0.25) is 0 Å². The van der Waals surface area contributed by atoms with E-state index >= 15 is 0 Å². The maximum Gasteiger partial charge on any atom is 0.338 e. The molecule has 2 aliphatic rings. The van der Waals surface area contributed by atoms with Crippen LogP contribution in [-0.4, -0.2) is 18.2 Å². The summed E-state index contributed by atoms with van der Waals surface area (Å²) in [5.74, 6) is 0.568. The molecule has 0 bridgehead atoms. The summed E-state index contributed by atoms with van der Waals surface area (Å²) in [4.78, 5) is 12.5. The first-order chi connectivity index (χ1) is 11.2. The molecular weight excluding hydrogens is 291 g/mol. The fourth-order valence-corrected chi connectivity index (χ4v) is 4.21. The highest BCUT2D eigenvalue weighted by Gasteiger charge is 2.36. The Morgan fingerprint density at radius 2 is 1.52 bits per heavy atom. The van der Waals surface area contributed by atoms with Crippen LogP contribution in [0, 0.1) is 11.8 Å². The molecule has 0 radical (unpaired) electrons. The first-order valence-corrected chi connectivity index (χ1v) is 9.14. The quantitative estimate of drug-likeness (QED) is 0.702. The van der Waals surface area contributed by atoms with Crippen molar-refractivity contribution in [1.82, 2.24) is 0 Å². The summed E-state index contributed by atoms with van der Waals surface area (Å²) >= 11 is 0. The second kappa shape index (κ2) is 7.94. The Bertz CT molecular complexity index is 488. The van der Waals surface area contributed by atoms with Crippen LogP contribution in [0.2, 0.25) is 0 Å². The highest BCUT2D eigenvalue weighted by atomic mass is 19.1. The topological polar surface area (TPSA) is 26.3 Å². The average Bonchev–Trinajstić information content (AvgIpc) is 2.62. The van der Waals surface area contributed by atoms with Gasteiger partial charge in [0.1, 0.15) is 12.3 Å². The third-order valence-electron chi connectivity index (χ3n) is 5.53. The van der Waals surface area contributed by atoms with Crippen molar-refractivity contribution >= 4 is 5.97 Å². The Morgan fingerprint density at radius 1 is 0.913 bits per heavy atom. The fourth-order valence-electron chi connectivity index (χ4n) is 4.21. The van der Waals surface area contributed by atoms with E-state index < -0.39 is 6.17 Å². The van der Waals surface area contributed by atoms with Gasteiger partial charge >= 0.3 is 5.97 Å². The van der Waals surface area contributed by atoms with Gasteiger partial charge < -0.3 is 4.74 Å². The first kappa shape index (κ1) is 16.5. The van der Waals surface area contributed by atoms with E-state index in [1.54, 1.807) is 12.1 Å². The molecule has 3 heteroatoms. The summed E-state index contributed by atoms with van der Waals surface area (Å²) in [5.41, 5.74) is 0.618. The van der Waals surface area contributed by atoms with E-state index in [1.165, 1.54) is 19.3 Å². The molecule has 0 aromatic heterocycles. The van der Waals surface area contributed by atoms with Crippen molar-refractivity contribution in [2.24, 2.45) is 11.8 Å². The number of halogens is 1. The minimum Gasteiger partial charge on any atom is -0.458 e. The maximum atomic E-state index is 13.5. The Hall–Kier alpha value is -1.38. The summed E-state index contributed by atoms with van der Waals surface area (Å²) in [6.07, 6.45) is 8.27. The molecule has 0 spiro atoms. The van der Waals surface area contributed by atoms with E-state index in [-0.39, 0.29) is 12.1 Å². The summed E-state index contributed by atoms with van der Waals surface area (Å²) in [5, 5.41) is 0. The van der Waals surface area contributed by atoms with Gasteiger partial charge in [-0.25, -0.2) is 9.18 Å². The predicted molar refractivity (Wildman–Crippen MR) is 89.1 cm³/mol. The van der Waals surface area contributed by atoms with E-state index in [1.807, 2.05) is 18.2 Å². The van der Waals surface area contributed by atoms with Gasteiger partial charge in [-0.05, 0) is 62.5 Å². The van der Waals surface area contributed by atoms with Gasteiger partial charge in [-0.1, -0.05) is 37.5 Å². The lowest BCUT2D eigenvalue weighted by atomic mass is 9.75. The number of alkyl halides is 1. The molecule has 23 heavy (non-hydrogen) atoms. The van der Waals surface area contributed by atoms with Gasteiger partial charge in [0.25, 0.3) is 0 Å². The number of carbonyl (C=O) groups is 1. The van der Waals surface area contributed by atoms with Crippen molar-refractivity contribution in [2.45, 2.75) is 70.1 Å². The predicted octanol–water partition coefficient (Wildman–Crippen LogP) is 5.32. The van der Waals surface area contributed by atoms with Gasteiger partial charge in [-0.2, -0.15) is 0 Å². The number of hydrogen-bond acceptors (Lipinski definition) is 2. The Kier molecular flexibility index (Phi) is 5.69. The molecule has 1 atom stereocenters. The van der Waals surface area contributed by atoms with Gasteiger partial charge in [0, 0.05) is 0 Å². The van der Waals surface area contributed by atoms with E-state index in [0.29, 0.717) is 30.2 Å². The van der Waals surface area contributed by atoms with Gasteiger partial charge in [0.15, 0.2) is 0 Å². The smallest absolute Gasteiger partial charge is 0.338 e. The number of esters is 1. The molecule has 1 aromatic carbocycles. The minimum atomic E-state index is -0.664. The highest BCUT2D eigenvalue weighted by molar-refractivity contribution is 5.89. The van der Waals surface area contributed by atoms with E-state index in [0.717, 1.165) is 25.7 Å². The largest absolute Gasteiger partial charge is 0.458 e. The van der Waals surface area contributed by atoms with Crippen LogP contribution in [0.1, 0.15) is 68.1 Å². The van der Waals surface area contributed by atoms with Crippen molar-refractivity contribution in [3.05, 3.63) is 35.9 Å². The van der Waals surface area contributed by atoms with Crippen LogP contribution in [-0.2, 0) is 4.74 Å². The van der Waals surface area contributed by atoms with Gasteiger partial charge in [-0.3, -0.25) is 0 Å². The molecular formula is C20H27FO2. The van der Waals surface area contributed by atoms with Crippen molar-refractivity contribution in [3.63, 3.8) is 0 Å². The molecule has 1 aromatic rings. The van der Waals surface area contributed by atoms with Crippen LogP contribution in [0.3, 0.4) is 0 Å². The van der Waals surface area contributed by atoms with Crippen molar-refractivity contribution < 1.29 is 13.9 Å². The maximum absolute atomic E-state index is 13.5. The van der Waals surface area contributed by atoms with Crippen LogP contribution in [0.25, 0.3) is 0 Å². The summed E-state index contributed by atoms with van der Waals surface area (Å²) in [7, 11) is 0. The fraction of sp³-hybridized carbons (Fsp3) is 0.650. The Balaban J connectivity index is 1.70. The lowest BCUT2D eigenvalue weighted by Gasteiger charge is -2.37. The summed E-state index contributed by atoms with van der Waals surface area (Å²) < 4.78 is 19.5. The zero-order valence-electron chi connectivity index (χ0n) is 13.8. The van der Waals surface area contributed by atoms with Crippen LogP contribution >= 0.6 is 0 Å². The SMILES string of the molecule is O=C(OC(C1CCCCC1)C1CCC(F)CC1)c1ccccc1.